The first kappa shape index (κ1) is 11.0. The van der Waals surface area contributed by atoms with E-state index in [1.807, 2.05) is 0 Å². The lowest BCUT2D eigenvalue weighted by atomic mass is 9.87. The summed E-state index contributed by atoms with van der Waals surface area (Å²) in [5, 5.41) is 8.90. The van der Waals surface area contributed by atoms with Crippen LogP contribution in [0.4, 0.5) is 0 Å². The molecular formula is C10H22N2O. The molecule has 0 bridgehead atoms. The minimum Gasteiger partial charge on any atom is -0.396 e. The Morgan fingerprint density at radius 3 is 2.92 bits per heavy atom. The standard InChI is InChI=1S/C10H22N2O/c1-2-6-12-7-3-4-10(11,9-12)5-8-13/h13H,2-9,11H2,1H3. The maximum atomic E-state index is 8.90. The lowest BCUT2D eigenvalue weighted by Gasteiger charge is -2.40. The van der Waals surface area contributed by atoms with Crippen molar-refractivity contribution in [2.45, 2.75) is 38.1 Å². The molecule has 0 spiro atoms. The fourth-order valence-corrected chi connectivity index (χ4v) is 2.19. The summed E-state index contributed by atoms with van der Waals surface area (Å²) in [6.45, 7) is 5.69. The van der Waals surface area contributed by atoms with Gasteiger partial charge in [-0.15, -0.1) is 0 Å². The maximum Gasteiger partial charge on any atom is 0.0449 e. The minimum absolute atomic E-state index is 0.123. The van der Waals surface area contributed by atoms with Gasteiger partial charge in [0.2, 0.25) is 0 Å². The largest absolute Gasteiger partial charge is 0.396 e. The Hall–Kier alpha value is -0.120. The van der Waals surface area contributed by atoms with E-state index in [4.69, 9.17) is 10.8 Å². The van der Waals surface area contributed by atoms with Crippen molar-refractivity contribution >= 4 is 0 Å². The number of aliphatic hydroxyl groups is 1. The third kappa shape index (κ3) is 3.25. The second kappa shape index (κ2) is 4.94. The molecule has 1 atom stereocenters. The van der Waals surface area contributed by atoms with E-state index >= 15 is 0 Å². The Kier molecular flexibility index (Phi) is 4.16. The average Bonchev–Trinajstić information content (AvgIpc) is 2.04. The van der Waals surface area contributed by atoms with Crippen molar-refractivity contribution in [2.24, 2.45) is 5.73 Å². The van der Waals surface area contributed by atoms with Crippen LogP contribution in [0.25, 0.3) is 0 Å². The van der Waals surface area contributed by atoms with Gasteiger partial charge in [0.05, 0.1) is 0 Å². The highest BCUT2D eigenvalue weighted by Crippen LogP contribution is 2.21. The van der Waals surface area contributed by atoms with Crippen molar-refractivity contribution in [3.63, 3.8) is 0 Å². The molecule has 0 amide bonds. The van der Waals surface area contributed by atoms with Gasteiger partial charge in [0, 0.05) is 18.7 Å². The fraction of sp³-hybridized carbons (Fsp3) is 1.00. The van der Waals surface area contributed by atoms with Crippen LogP contribution in [0.5, 0.6) is 0 Å². The van der Waals surface area contributed by atoms with Crippen molar-refractivity contribution in [3.05, 3.63) is 0 Å². The van der Waals surface area contributed by atoms with Crippen LogP contribution in [0.3, 0.4) is 0 Å². The van der Waals surface area contributed by atoms with Crippen molar-refractivity contribution in [1.82, 2.24) is 4.90 Å². The SMILES string of the molecule is CCCN1CCCC(N)(CCO)C1. The van der Waals surface area contributed by atoms with E-state index in [1.54, 1.807) is 0 Å². The van der Waals surface area contributed by atoms with Gasteiger partial charge in [0.1, 0.15) is 0 Å². The number of piperidine rings is 1. The van der Waals surface area contributed by atoms with Crippen LogP contribution in [0, 0.1) is 0 Å². The second-order valence-corrected chi connectivity index (χ2v) is 4.22. The molecule has 78 valence electrons. The van der Waals surface area contributed by atoms with Gasteiger partial charge in [-0.25, -0.2) is 0 Å². The van der Waals surface area contributed by atoms with E-state index in [-0.39, 0.29) is 12.1 Å². The van der Waals surface area contributed by atoms with E-state index in [0.29, 0.717) is 0 Å². The third-order valence-corrected chi connectivity index (χ3v) is 2.84. The molecule has 0 aromatic heterocycles. The molecule has 0 aliphatic carbocycles. The van der Waals surface area contributed by atoms with Crippen LogP contribution in [0.2, 0.25) is 0 Å². The molecule has 1 aliphatic rings. The van der Waals surface area contributed by atoms with Crippen LogP contribution in [0.15, 0.2) is 0 Å². The van der Waals surface area contributed by atoms with Crippen molar-refractivity contribution in [1.29, 1.82) is 0 Å². The smallest absolute Gasteiger partial charge is 0.0449 e. The predicted octanol–water partition coefficient (Wildman–Crippen LogP) is 0.572. The summed E-state index contributed by atoms with van der Waals surface area (Å²) in [5.41, 5.74) is 6.07. The molecule has 1 unspecified atom stereocenters. The molecule has 1 rings (SSSR count). The van der Waals surface area contributed by atoms with Gasteiger partial charge in [-0.05, 0) is 38.8 Å². The molecule has 1 fully saturated rings. The maximum absolute atomic E-state index is 8.90. The van der Waals surface area contributed by atoms with E-state index in [1.165, 1.54) is 19.4 Å². The first-order chi connectivity index (χ1) is 6.20. The summed E-state index contributed by atoms with van der Waals surface area (Å²) in [4.78, 5) is 2.42. The summed E-state index contributed by atoms with van der Waals surface area (Å²) in [5.74, 6) is 0. The number of rotatable bonds is 4. The van der Waals surface area contributed by atoms with E-state index in [9.17, 15) is 0 Å². The molecule has 3 N–H and O–H groups in total. The van der Waals surface area contributed by atoms with Gasteiger partial charge < -0.3 is 15.7 Å². The van der Waals surface area contributed by atoms with Crippen LogP contribution in [-0.2, 0) is 0 Å². The first-order valence-corrected chi connectivity index (χ1v) is 5.32. The number of likely N-dealkylation sites (tertiary alicyclic amines) is 1. The predicted molar refractivity (Wildman–Crippen MR) is 54.6 cm³/mol. The van der Waals surface area contributed by atoms with E-state index in [0.717, 1.165) is 25.9 Å². The molecule has 3 nitrogen and oxygen atoms in total. The molecule has 0 saturated carbocycles. The molecule has 13 heavy (non-hydrogen) atoms. The van der Waals surface area contributed by atoms with Crippen molar-refractivity contribution < 1.29 is 5.11 Å². The normalized spacial score (nSPS) is 30.7. The Morgan fingerprint density at radius 1 is 1.54 bits per heavy atom. The van der Waals surface area contributed by atoms with Crippen LogP contribution in [-0.4, -0.2) is 41.8 Å². The number of aliphatic hydroxyl groups excluding tert-OH is 1. The summed E-state index contributed by atoms with van der Waals surface area (Å²) in [6.07, 6.45) is 4.17. The summed E-state index contributed by atoms with van der Waals surface area (Å²) in [6, 6.07) is 0. The van der Waals surface area contributed by atoms with Crippen molar-refractivity contribution in [2.75, 3.05) is 26.2 Å². The summed E-state index contributed by atoms with van der Waals surface area (Å²) >= 11 is 0. The Bertz CT molecular complexity index is 146. The molecule has 1 aliphatic heterocycles. The topological polar surface area (TPSA) is 49.5 Å². The van der Waals surface area contributed by atoms with Crippen LogP contribution >= 0.6 is 0 Å². The molecule has 1 heterocycles. The number of hydrogen-bond acceptors (Lipinski definition) is 3. The van der Waals surface area contributed by atoms with Crippen molar-refractivity contribution in [3.8, 4) is 0 Å². The van der Waals surface area contributed by atoms with Gasteiger partial charge in [-0.2, -0.15) is 0 Å². The molecule has 1 saturated heterocycles. The zero-order chi connectivity index (χ0) is 9.73. The Morgan fingerprint density at radius 2 is 2.31 bits per heavy atom. The molecule has 3 heteroatoms. The second-order valence-electron chi connectivity index (χ2n) is 4.22. The summed E-state index contributed by atoms with van der Waals surface area (Å²) in [7, 11) is 0. The lowest BCUT2D eigenvalue weighted by molar-refractivity contribution is 0.123. The Balaban J connectivity index is 2.39. The monoisotopic (exact) mass is 186 g/mol. The zero-order valence-electron chi connectivity index (χ0n) is 8.63. The highest BCUT2D eigenvalue weighted by Gasteiger charge is 2.30. The van der Waals surface area contributed by atoms with Gasteiger partial charge in [-0.1, -0.05) is 6.92 Å². The lowest BCUT2D eigenvalue weighted by Crippen LogP contribution is -2.54. The van der Waals surface area contributed by atoms with Gasteiger partial charge >= 0.3 is 0 Å². The number of hydrogen-bond donors (Lipinski definition) is 2. The molecule has 0 aromatic carbocycles. The Labute approximate surface area is 80.9 Å². The van der Waals surface area contributed by atoms with Crippen LogP contribution in [0.1, 0.15) is 32.6 Å². The molecule has 0 radical (unpaired) electrons. The fourth-order valence-electron chi connectivity index (χ4n) is 2.19. The summed E-state index contributed by atoms with van der Waals surface area (Å²) < 4.78 is 0. The zero-order valence-corrected chi connectivity index (χ0v) is 8.63. The van der Waals surface area contributed by atoms with E-state index in [2.05, 4.69) is 11.8 Å². The highest BCUT2D eigenvalue weighted by molar-refractivity contribution is 4.91. The van der Waals surface area contributed by atoms with E-state index < -0.39 is 0 Å². The molecular weight excluding hydrogens is 164 g/mol. The minimum atomic E-state index is -0.123. The number of nitrogens with two attached hydrogens (primary N) is 1. The van der Waals surface area contributed by atoms with Gasteiger partial charge in [0.25, 0.3) is 0 Å². The van der Waals surface area contributed by atoms with Crippen LogP contribution < -0.4 is 5.73 Å². The van der Waals surface area contributed by atoms with Gasteiger partial charge in [0.15, 0.2) is 0 Å². The third-order valence-electron chi connectivity index (χ3n) is 2.84. The molecule has 0 aromatic rings. The highest BCUT2D eigenvalue weighted by atomic mass is 16.3. The average molecular weight is 186 g/mol. The van der Waals surface area contributed by atoms with Gasteiger partial charge in [-0.3, -0.25) is 0 Å². The quantitative estimate of drug-likeness (QED) is 0.675. The number of nitrogens with zero attached hydrogens (tertiary/aromatic N) is 1. The first-order valence-electron chi connectivity index (χ1n) is 5.32.